The molecule has 0 radical (unpaired) electrons. The summed E-state index contributed by atoms with van der Waals surface area (Å²) in [4.78, 5) is 32.2. The van der Waals surface area contributed by atoms with Crippen LogP contribution in [0.3, 0.4) is 0 Å². The third kappa shape index (κ3) is 4.48. The number of hydrogen-bond donors (Lipinski definition) is 1. The van der Waals surface area contributed by atoms with Crippen LogP contribution in [0.1, 0.15) is 10.4 Å². The van der Waals surface area contributed by atoms with E-state index in [0.717, 1.165) is 18.9 Å². The number of nitrogens with zero attached hydrogens (tertiary/aromatic N) is 4. The summed E-state index contributed by atoms with van der Waals surface area (Å²) < 4.78 is 0. The number of aliphatic imine (C=N–C) groups is 1. The van der Waals surface area contributed by atoms with E-state index in [9.17, 15) is 14.9 Å². The maximum Gasteiger partial charge on any atom is 0.270 e. The lowest BCUT2D eigenvalue weighted by Gasteiger charge is -2.32. The van der Waals surface area contributed by atoms with Gasteiger partial charge in [0.1, 0.15) is 5.84 Å². The molecule has 0 spiro atoms. The molecule has 2 aromatic rings. The van der Waals surface area contributed by atoms with Crippen LogP contribution >= 0.6 is 0 Å². The molecule has 0 unspecified atom stereocenters. The molecule has 1 amide bonds. The number of non-ortho nitro benzene ring substituents is 1. The van der Waals surface area contributed by atoms with E-state index in [4.69, 9.17) is 0 Å². The Hall–Kier alpha value is -3.26. The van der Waals surface area contributed by atoms with Crippen molar-refractivity contribution in [2.45, 2.75) is 0 Å². The first-order valence-electron chi connectivity index (χ1n) is 8.56. The van der Waals surface area contributed by atoms with Crippen molar-refractivity contribution < 1.29 is 9.72 Å². The molecule has 1 heterocycles. The second-order valence-corrected chi connectivity index (χ2v) is 6.47. The van der Waals surface area contributed by atoms with Gasteiger partial charge in [0, 0.05) is 38.0 Å². The van der Waals surface area contributed by atoms with Crippen molar-refractivity contribution in [3.8, 4) is 0 Å². The van der Waals surface area contributed by atoms with E-state index in [0.29, 0.717) is 17.9 Å². The predicted molar refractivity (Wildman–Crippen MR) is 105 cm³/mol. The number of piperazine rings is 1. The van der Waals surface area contributed by atoms with Crippen LogP contribution in [0.2, 0.25) is 0 Å². The molecular weight excluding hydrogens is 346 g/mol. The van der Waals surface area contributed by atoms with Gasteiger partial charge in [-0.2, -0.15) is 0 Å². The monoisotopic (exact) mass is 367 g/mol. The van der Waals surface area contributed by atoms with E-state index in [1.165, 1.54) is 18.2 Å². The Morgan fingerprint density at radius 1 is 1.15 bits per heavy atom. The van der Waals surface area contributed by atoms with Gasteiger partial charge in [-0.25, -0.2) is 4.99 Å². The molecule has 3 rings (SSSR count). The molecule has 27 heavy (non-hydrogen) atoms. The molecule has 1 N–H and O–H groups in total. The minimum Gasteiger partial charge on any atom is -0.361 e. The minimum atomic E-state index is -0.517. The molecule has 0 aromatic heterocycles. The first-order chi connectivity index (χ1) is 12.9. The summed E-state index contributed by atoms with van der Waals surface area (Å²) in [5.74, 6) is 0.377. The Bertz CT molecular complexity index is 882. The molecule has 140 valence electrons. The van der Waals surface area contributed by atoms with Gasteiger partial charge in [-0.15, -0.1) is 0 Å². The number of amides is 1. The van der Waals surface area contributed by atoms with Gasteiger partial charge in [0.2, 0.25) is 0 Å². The third-order valence-electron chi connectivity index (χ3n) is 4.39. The van der Waals surface area contributed by atoms with Gasteiger partial charge in [0.05, 0.1) is 22.7 Å². The first-order valence-corrected chi connectivity index (χ1v) is 8.56. The van der Waals surface area contributed by atoms with Gasteiger partial charge in [-0.1, -0.05) is 18.2 Å². The van der Waals surface area contributed by atoms with Crippen LogP contribution in [-0.4, -0.2) is 60.2 Å². The van der Waals surface area contributed by atoms with Crippen molar-refractivity contribution in [1.29, 1.82) is 0 Å². The van der Waals surface area contributed by atoms with Crippen molar-refractivity contribution in [2.75, 3.05) is 39.0 Å². The fourth-order valence-corrected chi connectivity index (χ4v) is 2.79. The molecule has 1 aliphatic heterocycles. The van der Waals surface area contributed by atoms with Crippen molar-refractivity contribution in [1.82, 2.24) is 9.80 Å². The summed E-state index contributed by atoms with van der Waals surface area (Å²) in [6.07, 6.45) is 0. The number of rotatable bonds is 4. The number of amidine groups is 1. The highest BCUT2D eigenvalue weighted by Gasteiger charge is 2.20. The second kappa shape index (κ2) is 7.96. The number of nitro groups is 1. The van der Waals surface area contributed by atoms with Crippen LogP contribution in [0.15, 0.2) is 53.5 Å². The van der Waals surface area contributed by atoms with E-state index in [1.807, 2.05) is 25.1 Å². The van der Waals surface area contributed by atoms with Crippen LogP contribution in [0.5, 0.6) is 0 Å². The molecule has 8 nitrogen and oxygen atoms in total. The van der Waals surface area contributed by atoms with Gasteiger partial charge in [-0.3, -0.25) is 19.8 Å². The smallest absolute Gasteiger partial charge is 0.270 e. The van der Waals surface area contributed by atoms with Crippen LogP contribution in [0.4, 0.5) is 17.1 Å². The Morgan fingerprint density at radius 3 is 2.59 bits per heavy atom. The Kier molecular flexibility index (Phi) is 5.46. The van der Waals surface area contributed by atoms with Crippen molar-refractivity contribution >= 4 is 28.8 Å². The number of hydrogen-bond acceptors (Lipinski definition) is 5. The fraction of sp³-hybridized carbons (Fsp3) is 0.263. The zero-order valence-corrected chi connectivity index (χ0v) is 15.3. The van der Waals surface area contributed by atoms with Gasteiger partial charge in [-0.05, 0) is 25.2 Å². The van der Waals surface area contributed by atoms with Crippen LogP contribution < -0.4 is 5.32 Å². The Labute approximate surface area is 157 Å². The highest BCUT2D eigenvalue weighted by molar-refractivity contribution is 6.08. The molecular formula is C19H21N5O3. The number of benzene rings is 2. The summed E-state index contributed by atoms with van der Waals surface area (Å²) in [5.41, 5.74) is 1.04. The van der Waals surface area contributed by atoms with Crippen molar-refractivity contribution in [3.05, 3.63) is 64.2 Å². The summed E-state index contributed by atoms with van der Waals surface area (Å²) in [5, 5.41) is 13.9. The molecule has 0 saturated carbocycles. The first kappa shape index (κ1) is 18.5. The average molecular weight is 367 g/mol. The summed E-state index contributed by atoms with van der Waals surface area (Å²) in [6, 6.07) is 13.1. The molecule has 0 atom stereocenters. The number of nitrogens with one attached hydrogen (secondary N) is 1. The van der Waals surface area contributed by atoms with E-state index >= 15 is 0 Å². The van der Waals surface area contributed by atoms with Crippen molar-refractivity contribution in [2.24, 2.45) is 4.99 Å². The molecule has 1 saturated heterocycles. The standard InChI is InChI=1S/C19H21N5O3/c1-22-10-11-23(2)18(13-22)21-17-9-8-15(24(26)27)12-16(17)19(25)20-14-6-4-3-5-7-14/h3-9,12H,10-11,13H2,1-2H3,(H,20,25). The summed E-state index contributed by atoms with van der Waals surface area (Å²) >= 11 is 0. The molecule has 2 aromatic carbocycles. The van der Waals surface area contributed by atoms with Gasteiger partial charge in [0.25, 0.3) is 11.6 Å². The predicted octanol–water partition coefficient (Wildman–Crippen LogP) is 2.75. The van der Waals surface area contributed by atoms with Crippen LogP contribution in [-0.2, 0) is 0 Å². The normalized spacial score (nSPS) is 16.4. The minimum absolute atomic E-state index is 0.147. The Morgan fingerprint density at radius 2 is 1.89 bits per heavy atom. The largest absolute Gasteiger partial charge is 0.361 e. The fourth-order valence-electron chi connectivity index (χ4n) is 2.79. The number of anilines is 1. The summed E-state index contributed by atoms with van der Waals surface area (Å²) in [6.45, 7) is 2.40. The Balaban J connectivity index is 1.98. The average Bonchev–Trinajstić information content (AvgIpc) is 2.65. The topological polar surface area (TPSA) is 91.1 Å². The second-order valence-electron chi connectivity index (χ2n) is 6.47. The molecule has 8 heteroatoms. The zero-order valence-electron chi connectivity index (χ0n) is 15.3. The number of carbonyl (C=O) groups excluding carboxylic acids is 1. The van der Waals surface area contributed by atoms with E-state index in [2.05, 4.69) is 15.2 Å². The molecule has 1 aliphatic rings. The van der Waals surface area contributed by atoms with Crippen LogP contribution in [0, 0.1) is 10.1 Å². The lowest BCUT2D eigenvalue weighted by atomic mass is 10.1. The van der Waals surface area contributed by atoms with Gasteiger partial charge < -0.3 is 10.2 Å². The maximum absolute atomic E-state index is 12.8. The third-order valence-corrected chi connectivity index (χ3v) is 4.39. The lowest BCUT2D eigenvalue weighted by Crippen LogP contribution is -2.46. The highest BCUT2D eigenvalue weighted by atomic mass is 16.6. The molecule has 1 fully saturated rings. The number of likely N-dealkylation sites (N-methyl/N-ethyl adjacent to an activating group) is 2. The number of carbonyl (C=O) groups is 1. The van der Waals surface area contributed by atoms with E-state index < -0.39 is 10.8 Å². The van der Waals surface area contributed by atoms with Crippen LogP contribution in [0.25, 0.3) is 0 Å². The lowest BCUT2D eigenvalue weighted by molar-refractivity contribution is -0.384. The molecule has 0 bridgehead atoms. The summed E-state index contributed by atoms with van der Waals surface area (Å²) in [7, 11) is 3.95. The SMILES string of the molecule is CN1CCN(C)C(=Nc2ccc([N+](=O)[O-])cc2C(=O)Nc2ccccc2)C1. The molecule has 0 aliphatic carbocycles. The van der Waals surface area contributed by atoms with Gasteiger partial charge >= 0.3 is 0 Å². The van der Waals surface area contributed by atoms with Crippen molar-refractivity contribution in [3.63, 3.8) is 0 Å². The zero-order chi connectivity index (χ0) is 19.4. The van der Waals surface area contributed by atoms with Gasteiger partial charge in [0.15, 0.2) is 0 Å². The highest BCUT2D eigenvalue weighted by Crippen LogP contribution is 2.26. The van der Waals surface area contributed by atoms with E-state index in [-0.39, 0.29) is 11.3 Å². The number of nitro benzene ring substituents is 1. The quantitative estimate of drug-likeness (QED) is 0.663. The van der Waals surface area contributed by atoms with E-state index in [1.54, 1.807) is 24.3 Å². The number of para-hydroxylation sites is 1. The maximum atomic E-state index is 12.8.